The van der Waals surface area contributed by atoms with Crippen molar-refractivity contribution in [2.45, 2.75) is 6.92 Å². The number of hydrogen-bond donors (Lipinski definition) is 2. The largest absolute Gasteiger partial charge is 0.477 e. The van der Waals surface area contributed by atoms with E-state index in [1.165, 1.54) is 13.1 Å². The zero-order valence-electron chi connectivity index (χ0n) is 5.79. The van der Waals surface area contributed by atoms with Crippen LogP contribution in [0.3, 0.4) is 0 Å². The van der Waals surface area contributed by atoms with Crippen LogP contribution >= 0.6 is 0 Å². The Morgan fingerprint density at radius 3 is 2.64 bits per heavy atom. The molecule has 0 spiro atoms. The van der Waals surface area contributed by atoms with Gasteiger partial charge in [-0.25, -0.2) is 4.79 Å². The van der Waals surface area contributed by atoms with Gasteiger partial charge in [-0.05, 0) is 6.92 Å². The molecule has 0 saturated carbocycles. The van der Waals surface area contributed by atoms with Gasteiger partial charge in [-0.15, -0.1) is 0 Å². The predicted molar refractivity (Wildman–Crippen MR) is 35.6 cm³/mol. The Hall–Kier alpha value is -1.65. The molecule has 0 unspecified atom stereocenters. The molecule has 0 aliphatic rings. The molecule has 1 aromatic rings. The molecule has 1 heterocycles. The lowest BCUT2D eigenvalue weighted by Crippen LogP contribution is -2.03. The van der Waals surface area contributed by atoms with Gasteiger partial charge >= 0.3 is 5.97 Å². The van der Waals surface area contributed by atoms with Crippen molar-refractivity contribution in [2.24, 2.45) is 0 Å². The van der Waals surface area contributed by atoms with Crippen molar-refractivity contribution in [3.8, 4) is 0 Å². The van der Waals surface area contributed by atoms with Crippen LogP contribution < -0.4 is 0 Å². The number of carboxylic acids is 1. The zero-order chi connectivity index (χ0) is 8.43. The Morgan fingerprint density at radius 1 is 1.64 bits per heavy atom. The number of Topliss-reactive ketones (excluding diaryl/α,β-unsaturated/α-hetero) is 1. The van der Waals surface area contributed by atoms with E-state index in [9.17, 15) is 9.59 Å². The number of ketones is 1. The van der Waals surface area contributed by atoms with Gasteiger partial charge in [0, 0.05) is 0 Å². The van der Waals surface area contributed by atoms with Crippen LogP contribution in [0, 0.1) is 0 Å². The first-order chi connectivity index (χ1) is 5.13. The van der Waals surface area contributed by atoms with Crippen molar-refractivity contribution < 1.29 is 14.7 Å². The van der Waals surface area contributed by atoms with E-state index in [0.29, 0.717) is 0 Å². The number of H-pyrrole nitrogens is 1. The van der Waals surface area contributed by atoms with Crippen molar-refractivity contribution >= 4 is 11.8 Å². The van der Waals surface area contributed by atoms with Gasteiger partial charge in [0.2, 0.25) is 0 Å². The second kappa shape index (κ2) is 2.53. The van der Waals surface area contributed by atoms with E-state index < -0.39 is 5.97 Å². The Kier molecular flexibility index (Phi) is 1.72. The van der Waals surface area contributed by atoms with Crippen LogP contribution in [-0.4, -0.2) is 27.1 Å². The summed E-state index contributed by atoms with van der Waals surface area (Å²) in [5.74, 6) is -1.48. The van der Waals surface area contributed by atoms with E-state index in [1.807, 2.05) is 0 Å². The quantitative estimate of drug-likeness (QED) is 0.600. The second-order valence-corrected chi connectivity index (χ2v) is 2.02. The first-order valence-corrected chi connectivity index (χ1v) is 2.90. The maximum absolute atomic E-state index is 10.7. The van der Waals surface area contributed by atoms with Crippen LogP contribution in [-0.2, 0) is 0 Å². The van der Waals surface area contributed by atoms with E-state index in [2.05, 4.69) is 10.2 Å². The zero-order valence-corrected chi connectivity index (χ0v) is 5.79. The normalized spacial score (nSPS) is 9.55. The first kappa shape index (κ1) is 7.46. The van der Waals surface area contributed by atoms with Crippen molar-refractivity contribution in [1.29, 1.82) is 0 Å². The van der Waals surface area contributed by atoms with Gasteiger partial charge in [-0.1, -0.05) is 0 Å². The fraction of sp³-hybridized carbons (Fsp3) is 0.167. The minimum atomic E-state index is -1.17. The molecule has 0 aliphatic carbocycles. The lowest BCUT2D eigenvalue weighted by Gasteiger charge is -1.89. The molecule has 1 aromatic heterocycles. The van der Waals surface area contributed by atoms with E-state index in [4.69, 9.17) is 5.11 Å². The minimum absolute atomic E-state index is 0.109. The fourth-order valence-electron chi connectivity index (χ4n) is 0.716. The Labute approximate surface area is 62.0 Å². The number of hydrogen-bond acceptors (Lipinski definition) is 3. The SMILES string of the molecule is CC(=O)c1cn[nH]c1C(=O)O. The monoisotopic (exact) mass is 154 g/mol. The third-order valence-electron chi connectivity index (χ3n) is 1.23. The van der Waals surface area contributed by atoms with E-state index in [1.54, 1.807) is 0 Å². The number of nitrogens with one attached hydrogen (secondary N) is 1. The van der Waals surface area contributed by atoms with Gasteiger partial charge in [0.25, 0.3) is 0 Å². The van der Waals surface area contributed by atoms with Gasteiger partial charge in [0.15, 0.2) is 11.5 Å². The van der Waals surface area contributed by atoms with Crippen LogP contribution in [0.2, 0.25) is 0 Å². The number of nitrogens with zero attached hydrogens (tertiary/aromatic N) is 1. The molecule has 0 saturated heterocycles. The van der Waals surface area contributed by atoms with Crippen LogP contribution in [0.25, 0.3) is 0 Å². The Balaban J connectivity index is 3.16. The molecular weight excluding hydrogens is 148 g/mol. The number of aromatic amines is 1. The van der Waals surface area contributed by atoms with Crippen molar-refractivity contribution in [3.63, 3.8) is 0 Å². The molecule has 0 atom stereocenters. The average Bonchev–Trinajstić information content (AvgIpc) is 2.32. The van der Waals surface area contributed by atoms with Crippen LogP contribution in [0.1, 0.15) is 27.8 Å². The smallest absolute Gasteiger partial charge is 0.354 e. The number of carbonyl (C=O) groups is 2. The number of carbonyl (C=O) groups excluding carboxylic acids is 1. The summed E-state index contributed by atoms with van der Waals surface area (Å²) in [5, 5.41) is 14.1. The number of carboxylic acid groups (broad SMARTS) is 1. The van der Waals surface area contributed by atoms with Gasteiger partial charge in [-0.3, -0.25) is 9.89 Å². The third-order valence-corrected chi connectivity index (χ3v) is 1.23. The summed E-state index contributed by atoms with van der Waals surface area (Å²) in [6.07, 6.45) is 1.20. The highest BCUT2D eigenvalue weighted by molar-refractivity contribution is 6.03. The maximum atomic E-state index is 10.7. The standard InChI is InChI=1S/C6H6N2O3/c1-3(9)4-2-7-8-5(4)6(10)11/h2H,1H3,(H,7,8)(H,10,11). The molecule has 1 rings (SSSR count). The van der Waals surface area contributed by atoms with Crippen LogP contribution in [0.4, 0.5) is 0 Å². The van der Waals surface area contributed by atoms with Gasteiger partial charge < -0.3 is 5.11 Å². The summed E-state index contributed by atoms with van der Waals surface area (Å²) in [6, 6.07) is 0. The Morgan fingerprint density at radius 2 is 2.27 bits per heavy atom. The highest BCUT2D eigenvalue weighted by atomic mass is 16.4. The third kappa shape index (κ3) is 1.26. The number of rotatable bonds is 2. The summed E-state index contributed by atoms with van der Waals surface area (Å²) in [4.78, 5) is 21.1. The maximum Gasteiger partial charge on any atom is 0.354 e. The molecule has 0 fully saturated rings. The topological polar surface area (TPSA) is 83.0 Å². The predicted octanol–water partition coefficient (Wildman–Crippen LogP) is 0.310. The molecule has 58 valence electrons. The summed E-state index contributed by atoms with van der Waals surface area (Å²) in [5.41, 5.74) is -0.0463. The number of aromatic nitrogens is 2. The Bertz CT molecular complexity index is 274. The molecule has 11 heavy (non-hydrogen) atoms. The molecule has 5 heteroatoms. The molecule has 0 radical (unpaired) electrons. The van der Waals surface area contributed by atoms with Gasteiger partial charge in [0.1, 0.15) is 0 Å². The van der Waals surface area contributed by atoms with Gasteiger partial charge in [-0.2, -0.15) is 5.10 Å². The highest BCUT2D eigenvalue weighted by Gasteiger charge is 2.14. The molecule has 0 aliphatic heterocycles. The van der Waals surface area contributed by atoms with Crippen molar-refractivity contribution in [2.75, 3.05) is 0 Å². The van der Waals surface area contributed by atoms with E-state index in [-0.39, 0.29) is 17.0 Å². The summed E-state index contributed by atoms with van der Waals surface area (Å²) < 4.78 is 0. The minimum Gasteiger partial charge on any atom is -0.477 e. The summed E-state index contributed by atoms with van der Waals surface area (Å²) >= 11 is 0. The second-order valence-electron chi connectivity index (χ2n) is 2.02. The van der Waals surface area contributed by atoms with Crippen molar-refractivity contribution in [1.82, 2.24) is 10.2 Å². The first-order valence-electron chi connectivity index (χ1n) is 2.90. The van der Waals surface area contributed by atoms with E-state index >= 15 is 0 Å². The van der Waals surface area contributed by atoms with E-state index in [0.717, 1.165) is 0 Å². The lowest BCUT2D eigenvalue weighted by atomic mass is 10.2. The molecule has 5 nitrogen and oxygen atoms in total. The lowest BCUT2D eigenvalue weighted by molar-refractivity contribution is 0.0686. The van der Waals surface area contributed by atoms with Crippen molar-refractivity contribution in [3.05, 3.63) is 17.5 Å². The average molecular weight is 154 g/mol. The molecule has 0 bridgehead atoms. The molecular formula is C6H6N2O3. The van der Waals surface area contributed by atoms with Crippen LogP contribution in [0.5, 0.6) is 0 Å². The highest BCUT2D eigenvalue weighted by Crippen LogP contribution is 2.04. The fourth-order valence-corrected chi connectivity index (χ4v) is 0.716. The van der Waals surface area contributed by atoms with Gasteiger partial charge in [0.05, 0.1) is 11.8 Å². The van der Waals surface area contributed by atoms with Crippen LogP contribution in [0.15, 0.2) is 6.20 Å². The molecule has 2 N–H and O–H groups in total. The molecule has 0 aromatic carbocycles. The summed E-state index contributed by atoms with van der Waals surface area (Å²) in [7, 11) is 0. The molecule has 0 amide bonds. The summed E-state index contributed by atoms with van der Waals surface area (Å²) in [6.45, 7) is 1.29. The number of aromatic carboxylic acids is 1.